The van der Waals surface area contributed by atoms with Gasteiger partial charge in [0.05, 0.1) is 5.75 Å². The first-order chi connectivity index (χ1) is 9.94. The highest BCUT2D eigenvalue weighted by Crippen LogP contribution is 2.37. The van der Waals surface area contributed by atoms with Crippen LogP contribution in [0.2, 0.25) is 0 Å². The number of hydrogen-bond donors (Lipinski definition) is 0. The SMILES string of the molecule is CCS(=O)(=O)N1CCC(c2nn(C)c(=O)n2C2CC2)CC1. The summed E-state index contributed by atoms with van der Waals surface area (Å²) < 4.78 is 28.6. The van der Waals surface area contributed by atoms with Crippen molar-refractivity contribution in [2.45, 2.75) is 44.6 Å². The van der Waals surface area contributed by atoms with Gasteiger partial charge in [0.1, 0.15) is 5.82 Å². The summed E-state index contributed by atoms with van der Waals surface area (Å²) in [5, 5.41) is 4.40. The largest absolute Gasteiger partial charge is 0.345 e. The van der Waals surface area contributed by atoms with E-state index in [2.05, 4.69) is 5.10 Å². The summed E-state index contributed by atoms with van der Waals surface area (Å²) in [6, 6.07) is 0.304. The van der Waals surface area contributed by atoms with E-state index in [1.807, 2.05) is 4.57 Å². The summed E-state index contributed by atoms with van der Waals surface area (Å²) in [5.74, 6) is 1.18. The molecule has 8 heteroatoms. The van der Waals surface area contributed by atoms with Crippen LogP contribution in [0.5, 0.6) is 0 Å². The number of aromatic nitrogens is 3. The number of piperidine rings is 1. The standard InChI is InChI=1S/C13H22N4O3S/c1-3-21(19,20)16-8-6-10(7-9-16)12-14-15(2)13(18)17(12)11-4-5-11/h10-11H,3-9H2,1-2H3. The van der Waals surface area contributed by atoms with Crippen LogP contribution >= 0.6 is 0 Å². The number of nitrogens with zero attached hydrogens (tertiary/aromatic N) is 4. The maximum Gasteiger partial charge on any atom is 0.345 e. The summed E-state index contributed by atoms with van der Waals surface area (Å²) in [7, 11) is -1.42. The zero-order chi connectivity index (χ0) is 15.2. The fourth-order valence-electron chi connectivity index (χ4n) is 3.03. The van der Waals surface area contributed by atoms with E-state index < -0.39 is 10.0 Å². The molecule has 1 aliphatic heterocycles. The molecule has 2 fully saturated rings. The van der Waals surface area contributed by atoms with Crippen LogP contribution in [0.1, 0.15) is 50.4 Å². The van der Waals surface area contributed by atoms with Gasteiger partial charge in [0.2, 0.25) is 10.0 Å². The molecule has 0 radical (unpaired) electrons. The van der Waals surface area contributed by atoms with Crippen molar-refractivity contribution in [3.63, 3.8) is 0 Å². The smallest absolute Gasteiger partial charge is 0.276 e. The fraction of sp³-hybridized carbons (Fsp3) is 0.846. The van der Waals surface area contributed by atoms with E-state index in [0.29, 0.717) is 19.1 Å². The Morgan fingerprint density at radius 3 is 2.33 bits per heavy atom. The molecule has 1 aliphatic carbocycles. The highest BCUT2D eigenvalue weighted by Gasteiger charge is 2.35. The first-order valence-electron chi connectivity index (χ1n) is 7.57. The average molecular weight is 314 g/mol. The monoisotopic (exact) mass is 314 g/mol. The maximum absolute atomic E-state index is 12.1. The molecule has 1 saturated carbocycles. The van der Waals surface area contributed by atoms with E-state index in [-0.39, 0.29) is 17.4 Å². The highest BCUT2D eigenvalue weighted by molar-refractivity contribution is 7.89. The van der Waals surface area contributed by atoms with Crippen molar-refractivity contribution in [2.24, 2.45) is 7.05 Å². The van der Waals surface area contributed by atoms with Crippen LogP contribution in [-0.4, -0.2) is 45.9 Å². The second-order valence-electron chi connectivity index (χ2n) is 5.94. The molecule has 1 saturated heterocycles. The molecule has 0 spiro atoms. The van der Waals surface area contributed by atoms with E-state index in [4.69, 9.17) is 0 Å². The van der Waals surface area contributed by atoms with Gasteiger partial charge in [0.25, 0.3) is 0 Å². The summed E-state index contributed by atoms with van der Waals surface area (Å²) in [5.41, 5.74) is -0.0453. The van der Waals surface area contributed by atoms with Crippen molar-refractivity contribution in [1.29, 1.82) is 0 Å². The Kier molecular flexibility index (Phi) is 3.69. The van der Waals surface area contributed by atoms with Gasteiger partial charge < -0.3 is 0 Å². The predicted molar refractivity (Wildman–Crippen MR) is 78.7 cm³/mol. The van der Waals surface area contributed by atoms with Crippen molar-refractivity contribution in [3.8, 4) is 0 Å². The minimum atomic E-state index is -3.10. The molecule has 3 rings (SSSR count). The third-order valence-corrected chi connectivity index (χ3v) is 6.35. The van der Waals surface area contributed by atoms with Crippen molar-refractivity contribution in [1.82, 2.24) is 18.7 Å². The van der Waals surface area contributed by atoms with Crippen LogP contribution in [0.3, 0.4) is 0 Å². The van der Waals surface area contributed by atoms with Gasteiger partial charge >= 0.3 is 5.69 Å². The summed E-state index contributed by atoms with van der Waals surface area (Å²) in [6.45, 7) is 2.72. The minimum absolute atomic E-state index is 0.0453. The molecular weight excluding hydrogens is 292 g/mol. The van der Waals surface area contributed by atoms with Crippen LogP contribution in [0.25, 0.3) is 0 Å². The van der Waals surface area contributed by atoms with Gasteiger partial charge in [-0.25, -0.2) is 22.2 Å². The molecule has 0 atom stereocenters. The average Bonchev–Trinajstić information content (AvgIpc) is 3.27. The molecule has 0 bridgehead atoms. The number of rotatable bonds is 4. The molecule has 1 aromatic heterocycles. The molecule has 0 aromatic carbocycles. The zero-order valence-corrected chi connectivity index (χ0v) is 13.3. The lowest BCUT2D eigenvalue weighted by Gasteiger charge is -2.30. The van der Waals surface area contributed by atoms with Crippen molar-refractivity contribution < 1.29 is 8.42 Å². The Labute approximate surface area is 124 Å². The molecule has 21 heavy (non-hydrogen) atoms. The zero-order valence-electron chi connectivity index (χ0n) is 12.5. The summed E-state index contributed by atoms with van der Waals surface area (Å²) in [4.78, 5) is 12.1. The number of hydrogen-bond acceptors (Lipinski definition) is 4. The lowest BCUT2D eigenvalue weighted by molar-refractivity contribution is 0.309. The Bertz CT molecular complexity index is 679. The van der Waals surface area contributed by atoms with Gasteiger partial charge in [-0.1, -0.05) is 0 Å². The second kappa shape index (κ2) is 5.24. The van der Waals surface area contributed by atoms with E-state index in [1.165, 1.54) is 4.68 Å². The van der Waals surface area contributed by atoms with Crippen LogP contribution in [0, 0.1) is 0 Å². The molecule has 7 nitrogen and oxygen atoms in total. The van der Waals surface area contributed by atoms with Crippen molar-refractivity contribution in [3.05, 3.63) is 16.3 Å². The lowest BCUT2D eigenvalue weighted by Crippen LogP contribution is -2.39. The maximum atomic E-state index is 12.1. The summed E-state index contributed by atoms with van der Waals surface area (Å²) in [6.07, 6.45) is 3.56. The van der Waals surface area contributed by atoms with Crippen LogP contribution < -0.4 is 5.69 Å². The highest BCUT2D eigenvalue weighted by atomic mass is 32.2. The Morgan fingerprint density at radius 1 is 1.19 bits per heavy atom. The Balaban J connectivity index is 1.79. The molecule has 0 N–H and O–H groups in total. The van der Waals surface area contributed by atoms with Gasteiger partial charge in [-0.3, -0.25) is 4.57 Å². The van der Waals surface area contributed by atoms with Crippen LogP contribution in [0.4, 0.5) is 0 Å². The third kappa shape index (κ3) is 2.66. The van der Waals surface area contributed by atoms with Crippen molar-refractivity contribution in [2.75, 3.05) is 18.8 Å². The van der Waals surface area contributed by atoms with E-state index in [9.17, 15) is 13.2 Å². The molecule has 0 amide bonds. The quantitative estimate of drug-likeness (QED) is 0.808. The van der Waals surface area contributed by atoms with Gasteiger partial charge in [-0.05, 0) is 32.6 Å². The molecule has 2 heterocycles. The van der Waals surface area contributed by atoms with Gasteiger partial charge in [0.15, 0.2) is 0 Å². The Morgan fingerprint density at radius 2 is 1.81 bits per heavy atom. The second-order valence-corrected chi connectivity index (χ2v) is 8.20. The van der Waals surface area contributed by atoms with Crippen LogP contribution in [-0.2, 0) is 17.1 Å². The molecule has 118 valence electrons. The van der Waals surface area contributed by atoms with E-state index in [1.54, 1.807) is 18.3 Å². The Hall–Kier alpha value is -1.15. The summed E-state index contributed by atoms with van der Waals surface area (Å²) >= 11 is 0. The van der Waals surface area contributed by atoms with Gasteiger partial charge in [-0.15, -0.1) is 0 Å². The van der Waals surface area contributed by atoms with Gasteiger partial charge in [-0.2, -0.15) is 5.10 Å². The fourth-order valence-corrected chi connectivity index (χ4v) is 4.16. The molecule has 2 aliphatic rings. The third-order valence-electron chi connectivity index (χ3n) is 4.47. The number of sulfonamides is 1. The molecule has 1 aromatic rings. The van der Waals surface area contributed by atoms with Crippen LogP contribution in [0.15, 0.2) is 4.79 Å². The van der Waals surface area contributed by atoms with Gasteiger partial charge in [0, 0.05) is 32.1 Å². The topological polar surface area (TPSA) is 77.2 Å². The van der Waals surface area contributed by atoms with E-state index >= 15 is 0 Å². The van der Waals surface area contributed by atoms with Crippen molar-refractivity contribution >= 4 is 10.0 Å². The number of aryl methyl sites for hydroxylation is 1. The minimum Gasteiger partial charge on any atom is -0.276 e. The predicted octanol–water partition coefficient (Wildman–Crippen LogP) is 0.446. The molecule has 0 unspecified atom stereocenters. The normalized spacial score (nSPS) is 21.8. The van der Waals surface area contributed by atoms with E-state index in [0.717, 1.165) is 31.5 Å². The first kappa shape index (κ1) is 14.8. The molecular formula is C13H22N4O3S. The lowest BCUT2D eigenvalue weighted by atomic mass is 9.97. The first-order valence-corrected chi connectivity index (χ1v) is 9.18.